The summed E-state index contributed by atoms with van der Waals surface area (Å²) < 4.78 is 27.8. The highest BCUT2D eigenvalue weighted by molar-refractivity contribution is 7.89. The van der Waals surface area contributed by atoms with Crippen molar-refractivity contribution in [3.8, 4) is 0 Å². The van der Waals surface area contributed by atoms with Gasteiger partial charge in [-0.3, -0.25) is 9.59 Å². The molecule has 5 rings (SSSR count). The van der Waals surface area contributed by atoms with Gasteiger partial charge >= 0.3 is 0 Å². The van der Waals surface area contributed by atoms with Crippen molar-refractivity contribution in [3.63, 3.8) is 0 Å². The number of thiophene rings is 1. The third kappa shape index (κ3) is 4.15. The van der Waals surface area contributed by atoms with Crippen LogP contribution in [-0.4, -0.2) is 31.1 Å². The molecule has 1 aliphatic heterocycles. The van der Waals surface area contributed by atoms with Gasteiger partial charge < -0.3 is 11.1 Å². The highest BCUT2D eigenvalue weighted by atomic mass is 32.2. The second-order valence-corrected chi connectivity index (χ2v) is 11.7. The Bertz CT molecular complexity index is 1380. The minimum absolute atomic E-state index is 0.146. The van der Waals surface area contributed by atoms with Gasteiger partial charge in [0.1, 0.15) is 5.00 Å². The van der Waals surface area contributed by atoms with Crippen LogP contribution in [0, 0.1) is 0 Å². The minimum Gasteiger partial charge on any atom is -0.365 e. The largest absolute Gasteiger partial charge is 0.365 e. The number of primary amides is 1. The fourth-order valence-corrected chi connectivity index (χ4v) is 7.40. The topological polar surface area (TPSA) is 110 Å². The average Bonchev–Trinajstić information content (AvgIpc) is 3.21. The molecule has 34 heavy (non-hydrogen) atoms. The van der Waals surface area contributed by atoms with Gasteiger partial charge in [-0.25, -0.2) is 8.42 Å². The molecule has 0 unspecified atom stereocenters. The zero-order chi connectivity index (χ0) is 23.9. The fourth-order valence-electron chi connectivity index (χ4n) is 4.69. The zero-order valence-corrected chi connectivity index (χ0v) is 20.2. The lowest BCUT2D eigenvalue weighted by Crippen LogP contribution is -2.35. The summed E-state index contributed by atoms with van der Waals surface area (Å²) >= 11 is 1.40. The van der Waals surface area contributed by atoms with Gasteiger partial charge in [-0.1, -0.05) is 24.3 Å². The molecule has 2 aliphatic rings. The molecule has 0 radical (unpaired) electrons. The molecule has 1 aromatic heterocycles. The second-order valence-electron chi connectivity index (χ2n) is 8.62. The molecular weight excluding hydrogens is 470 g/mol. The average molecular weight is 496 g/mol. The molecule has 9 heteroatoms. The second kappa shape index (κ2) is 8.98. The maximum Gasteiger partial charge on any atom is 0.256 e. The zero-order valence-electron chi connectivity index (χ0n) is 18.5. The number of carbonyl (C=O) groups is 2. The summed E-state index contributed by atoms with van der Waals surface area (Å²) in [6.45, 7) is 0.750. The lowest BCUT2D eigenvalue weighted by Gasteiger charge is -2.28. The van der Waals surface area contributed by atoms with Crippen molar-refractivity contribution in [1.82, 2.24) is 4.31 Å². The minimum atomic E-state index is -3.68. The molecule has 3 aromatic rings. The van der Waals surface area contributed by atoms with Gasteiger partial charge in [-0.05, 0) is 73.1 Å². The Morgan fingerprint density at radius 2 is 1.65 bits per heavy atom. The molecule has 176 valence electrons. The number of anilines is 1. The summed E-state index contributed by atoms with van der Waals surface area (Å²) in [5.41, 5.74) is 9.45. The van der Waals surface area contributed by atoms with Crippen molar-refractivity contribution < 1.29 is 18.0 Å². The van der Waals surface area contributed by atoms with Gasteiger partial charge in [0.15, 0.2) is 0 Å². The van der Waals surface area contributed by atoms with Gasteiger partial charge in [0.25, 0.3) is 11.8 Å². The molecule has 0 saturated heterocycles. The summed E-state index contributed by atoms with van der Waals surface area (Å²) in [7, 11) is -3.68. The Morgan fingerprint density at radius 1 is 0.941 bits per heavy atom. The third-order valence-electron chi connectivity index (χ3n) is 6.49. The van der Waals surface area contributed by atoms with Crippen LogP contribution in [0.25, 0.3) is 0 Å². The van der Waals surface area contributed by atoms with Crippen molar-refractivity contribution in [2.24, 2.45) is 5.73 Å². The summed E-state index contributed by atoms with van der Waals surface area (Å²) in [6.07, 6.45) is 4.38. The Balaban J connectivity index is 1.34. The number of nitrogens with zero attached hydrogens (tertiary/aromatic N) is 1. The van der Waals surface area contributed by atoms with E-state index >= 15 is 0 Å². The number of rotatable bonds is 5. The van der Waals surface area contributed by atoms with E-state index < -0.39 is 21.8 Å². The number of hydrogen-bond acceptors (Lipinski definition) is 5. The highest BCUT2D eigenvalue weighted by Crippen LogP contribution is 2.38. The van der Waals surface area contributed by atoms with Gasteiger partial charge in [0.05, 0.1) is 10.5 Å². The van der Waals surface area contributed by atoms with Crippen molar-refractivity contribution in [3.05, 3.63) is 81.2 Å². The number of amides is 2. The quantitative estimate of drug-likeness (QED) is 0.562. The van der Waals surface area contributed by atoms with E-state index in [0.717, 1.165) is 41.7 Å². The van der Waals surface area contributed by atoms with Crippen molar-refractivity contribution in [1.29, 1.82) is 0 Å². The first-order chi connectivity index (χ1) is 16.3. The number of aryl methyl sites for hydroxylation is 1. The van der Waals surface area contributed by atoms with Gasteiger partial charge in [0, 0.05) is 23.5 Å². The Morgan fingerprint density at radius 3 is 2.38 bits per heavy atom. The molecule has 0 bridgehead atoms. The summed E-state index contributed by atoms with van der Waals surface area (Å²) in [4.78, 5) is 26.2. The number of hydrogen-bond donors (Lipinski definition) is 2. The normalized spacial score (nSPS) is 15.9. The summed E-state index contributed by atoms with van der Waals surface area (Å²) in [5.74, 6) is -0.948. The lowest BCUT2D eigenvalue weighted by atomic mass is 9.95. The van der Waals surface area contributed by atoms with E-state index in [1.54, 1.807) is 0 Å². The van der Waals surface area contributed by atoms with Gasteiger partial charge in [0.2, 0.25) is 10.0 Å². The monoisotopic (exact) mass is 495 g/mol. The van der Waals surface area contributed by atoms with Crippen LogP contribution in [0.2, 0.25) is 0 Å². The molecular formula is C25H25N3O4S2. The number of benzene rings is 2. The number of nitrogens with two attached hydrogens (primary N) is 1. The first kappa shape index (κ1) is 22.8. The molecule has 0 spiro atoms. The molecule has 7 nitrogen and oxygen atoms in total. The first-order valence-corrected chi connectivity index (χ1v) is 13.5. The van der Waals surface area contributed by atoms with E-state index in [1.165, 1.54) is 45.5 Å². The first-order valence-electron chi connectivity index (χ1n) is 11.3. The third-order valence-corrected chi connectivity index (χ3v) is 9.56. The Hall–Kier alpha value is -3.01. The number of carbonyl (C=O) groups excluding carboxylic acids is 2. The van der Waals surface area contributed by atoms with E-state index in [4.69, 9.17) is 5.73 Å². The van der Waals surface area contributed by atoms with Crippen LogP contribution in [-0.2, 0) is 35.8 Å². The highest BCUT2D eigenvalue weighted by Gasteiger charge is 2.29. The van der Waals surface area contributed by atoms with E-state index in [-0.39, 0.29) is 4.90 Å². The Labute approximate surface area is 202 Å². The molecule has 0 atom stereocenters. The van der Waals surface area contributed by atoms with E-state index in [2.05, 4.69) is 5.32 Å². The summed E-state index contributed by atoms with van der Waals surface area (Å²) in [6, 6.07) is 13.8. The number of nitrogens with one attached hydrogen (secondary N) is 1. The van der Waals surface area contributed by atoms with Gasteiger partial charge in [-0.15, -0.1) is 11.3 Å². The smallest absolute Gasteiger partial charge is 0.256 e. The van der Waals surface area contributed by atoms with Crippen LogP contribution in [0.15, 0.2) is 53.4 Å². The van der Waals surface area contributed by atoms with Crippen LogP contribution >= 0.6 is 11.3 Å². The van der Waals surface area contributed by atoms with E-state index in [9.17, 15) is 18.0 Å². The molecule has 2 amide bonds. The molecule has 1 aliphatic carbocycles. The van der Waals surface area contributed by atoms with Gasteiger partial charge in [-0.2, -0.15) is 4.31 Å². The van der Waals surface area contributed by atoms with Crippen molar-refractivity contribution in [2.75, 3.05) is 11.9 Å². The molecule has 0 fully saturated rings. The van der Waals surface area contributed by atoms with E-state index in [1.807, 2.05) is 24.3 Å². The molecule has 3 N–H and O–H groups in total. The predicted molar refractivity (Wildman–Crippen MR) is 132 cm³/mol. The maximum atomic E-state index is 13.2. The van der Waals surface area contributed by atoms with Crippen LogP contribution in [0.4, 0.5) is 5.00 Å². The number of fused-ring (bicyclic) bond motifs is 2. The Kier molecular flexibility index (Phi) is 6.01. The fraction of sp³-hybridized carbons (Fsp3) is 0.280. The lowest BCUT2D eigenvalue weighted by molar-refractivity contribution is 0.100. The van der Waals surface area contributed by atoms with Crippen LogP contribution in [0.3, 0.4) is 0 Å². The van der Waals surface area contributed by atoms with E-state index in [0.29, 0.717) is 35.6 Å². The predicted octanol–water partition coefficient (Wildman–Crippen LogP) is 3.73. The van der Waals surface area contributed by atoms with Crippen LogP contribution in [0.5, 0.6) is 0 Å². The van der Waals surface area contributed by atoms with Crippen LogP contribution in [0.1, 0.15) is 55.1 Å². The molecule has 2 heterocycles. The summed E-state index contributed by atoms with van der Waals surface area (Å²) in [5, 5.41) is 3.28. The standard InChI is InChI=1S/C25H25N3O4S2/c26-23(29)22-20-7-3-4-8-21(20)33-25(22)27-24(30)17-9-11-19(12-10-17)34(31,32)28-14-13-16-5-1-2-6-18(16)15-28/h1-2,5-6,9-12H,3-4,7-8,13-15H2,(H2,26,29)(H,27,30). The maximum absolute atomic E-state index is 13.2. The molecule has 0 saturated carbocycles. The van der Waals surface area contributed by atoms with Crippen LogP contribution < -0.4 is 11.1 Å². The van der Waals surface area contributed by atoms with Crippen molar-refractivity contribution >= 4 is 38.2 Å². The molecule has 2 aromatic carbocycles. The SMILES string of the molecule is NC(=O)c1c(NC(=O)c2ccc(S(=O)(=O)N3CCc4ccccc4C3)cc2)sc2c1CCCC2. The number of sulfonamides is 1. The van der Waals surface area contributed by atoms with Crippen molar-refractivity contribution in [2.45, 2.75) is 43.5 Å².